The highest BCUT2D eigenvalue weighted by molar-refractivity contribution is 7.10. The SMILES string of the molecule is CCC1CC1(CNC1CC1)c1cccs1. The number of hydrogen-bond acceptors (Lipinski definition) is 2. The monoisotopic (exact) mass is 221 g/mol. The van der Waals surface area contributed by atoms with Crippen LogP contribution in [0.1, 0.15) is 37.5 Å². The molecular weight excluding hydrogens is 202 g/mol. The van der Waals surface area contributed by atoms with Gasteiger partial charge >= 0.3 is 0 Å². The second-order valence-electron chi connectivity index (χ2n) is 5.10. The summed E-state index contributed by atoms with van der Waals surface area (Å²) in [5.74, 6) is 0.933. The third kappa shape index (κ3) is 1.74. The molecule has 0 amide bonds. The van der Waals surface area contributed by atoms with Gasteiger partial charge in [-0.1, -0.05) is 19.4 Å². The van der Waals surface area contributed by atoms with Crippen LogP contribution in [0.5, 0.6) is 0 Å². The van der Waals surface area contributed by atoms with Gasteiger partial charge in [0, 0.05) is 22.9 Å². The molecule has 82 valence electrons. The predicted molar refractivity (Wildman–Crippen MR) is 65.4 cm³/mol. The maximum absolute atomic E-state index is 3.72. The van der Waals surface area contributed by atoms with Crippen molar-refractivity contribution in [2.45, 2.75) is 44.1 Å². The highest BCUT2D eigenvalue weighted by Gasteiger charge is 2.54. The molecular formula is C13H19NS. The number of nitrogens with one attached hydrogen (secondary N) is 1. The summed E-state index contributed by atoms with van der Waals surface area (Å²) in [5, 5.41) is 5.94. The van der Waals surface area contributed by atoms with Crippen molar-refractivity contribution in [2.24, 2.45) is 5.92 Å². The van der Waals surface area contributed by atoms with Gasteiger partial charge in [0.2, 0.25) is 0 Å². The minimum atomic E-state index is 0.519. The first-order valence-electron chi connectivity index (χ1n) is 6.12. The van der Waals surface area contributed by atoms with E-state index in [2.05, 4.69) is 29.8 Å². The zero-order valence-electron chi connectivity index (χ0n) is 9.33. The summed E-state index contributed by atoms with van der Waals surface area (Å²) < 4.78 is 0. The van der Waals surface area contributed by atoms with Gasteiger partial charge in [-0.25, -0.2) is 0 Å². The molecule has 0 radical (unpaired) electrons. The zero-order valence-corrected chi connectivity index (χ0v) is 10.1. The Morgan fingerprint density at radius 2 is 2.40 bits per heavy atom. The maximum atomic E-state index is 3.72. The van der Waals surface area contributed by atoms with E-state index in [0.29, 0.717) is 5.41 Å². The Kier molecular flexibility index (Phi) is 2.37. The largest absolute Gasteiger partial charge is 0.313 e. The van der Waals surface area contributed by atoms with Gasteiger partial charge in [-0.2, -0.15) is 0 Å². The molecule has 1 heterocycles. The van der Waals surface area contributed by atoms with Crippen LogP contribution in [0.2, 0.25) is 0 Å². The quantitative estimate of drug-likeness (QED) is 0.805. The Morgan fingerprint density at radius 1 is 1.53 bits per heavy atom. The molecule has 1 N–H and O–H groups in total. The van der Waals surface area contributed by atoms with E-state index >= 15 is 0 Å². The Bertz CT molecular complexity index is 328. The van der Waals surface area contributed by atoms with E-state index in [9.17, 15) is 0 Å². The minimum absolute atomic E-state index is 0.519. The van der Waals surface area contributed by atoms with Crippen LogP contribution >= 0.6 is 11.3 Å². The molecule has 0 saturated heterocycles. The lowest BCUT2D eigenvalue weighted by atomic mass is 10.00. The highest BCUT2D eigenvalue weighted by Crippen LogP contribution is 2.57. The van der Waals surface area contributed by atoms with Gasteiger partial charge in [-0.05, 0) is 36.6 Å². The first-order valence-corrected chi connectivity index (χ1v) is 7.00. The van der Waals surface area contributed by atoms with Crippen molar-refractivity contribution in [3.05, 3.63) is 22.4 Å². The molecule has 0 aromatic carbocycles. The van der Waals surface area contributed by atoms with Gasteiger partial charge < -0.3 is 5.32 Å². The second-order valence-corrected chi connectivity index (χ2v) is 6.05. The first-order chi connectivity index (χ1) is 7.35. The molecule has 2 aliphatic rings. The third-order valence-electron chi connectivity index (χ3n) is 4.02. The van der Waals surface area contributed by atoms with Crippen molar-refractivity contribution in [3.63, 3.8) is 0 Å². The van der Waals surface area contributed by atoms with Crippen molar-refractivity contribution < 1.29 is 0 Å². The van der Waals surface area contributed by atoms with Gasteiger partial charge in [-0.15, -0.1) is 11.3 Å². The highest BCUT2D eigenvalue weighted by atomic mass is 32.1. The summed E-state index contributed by atoms with van der Waals surface area (Å²) >= 11 is 1.94. The van der Waals surface area contributed by atoms with Crippen LogP contribution in [0.3, 0.4) is 0 Å². The fraction of sp³-hybridized carbons (Fsp3) is 0.692. The summed E-state index contributed by atoms with van der Waals surface area (Å²) in [6.07, 6.45) is 5.54. The van der Waals surface area contributed by atoms with E-state index in [1.807, 2.05) is 11.3 Å². The fourth-order valence-corrected chi connectivity index (χ4v) is 3.71. The molecule has 2 saturated carbocycles. The molecule has 0 aliphatic heterocycles. The molecule has 1 aromatic heterocycles. The lowest BCUT2D eigenvalue weighted by Crippen LogP contribution is -2.29. The van der Waals surface area contributed by atoms with Crippen molar-refractivity contribution in [3.8, 4) is 0 Å². The summed E-state index contributed by atoms with van der Waals surface area (Å²) in [6, 6.07) is 5.37. The average Bonchev–Trinajstić information content (AvgIpc) is 3.15. The average molecular weight is 221 g/mol. The molecule has 3 rings (SSSR count). The molecule has 2 heteroatoms. The normalized spacial score (nSPS) is 34.3. The minimum Gasteiger partial charge on any atom is -0.313 e. The topological polar surface area (TPSA) is 12.0 Å². The van der Waals surface area contributed by atoms with Crippen LogP contribution < -0.4 is 5.32 Å². The van der Waals surface area contributed by atoms with Gasteiger partial charge in [-0.3, -0.25) is 0 Å². The predicted octanol–water partition coefficient (Wildman–Crippen LogP) is 3.17. The van der Waals surface area contributed by atoms with Crippen LogP contribution in [-0.4, -0.2) is 12.6 Å². The van der Waals surface area contributed by atoms with E-state index in [-0.39, 0.29) is 0 Å². The van der Waals surface area contributed by atoms with E-state index in [0.717, 1.165) is 12.0 Å². The van der Waals surface area contributed by atoms with Gasteiger partial charge in [0.15, 0.2) is 0 Å². The van der Waals surface area contributed by atoms with Crippen LogP contribution in [-0.2, 0) is 5.41 Å². The standard InChI is InChI=1S/C13H19NS/c1-2-10-8-13(10,9-14-11-5-6-11)12-4-3-7-15-12/h3-4,7,10-11,14H,2,5-6,8-9H2,1H3. The molecule has 1 nitrogen and oxygen atoms in total. The fourth-order valence-electron chi connectivity index (χ4n) is 2.70. The smallest absolute Gasteiger partial charge is 0.0203 e. The Morgan fingerprint density at radius 3 is 2.93 bits per heavy atom. The van der Waals surface area contributed by atoms with Crippen molar-refractivity contribution in [1.82, 2.24) is 5.32 Å². The van der Waals surface area contributed by atoms with Crippen LogP contribution in [0.25, 0.3) is 0 Å². The van der Waals surface area contributed by atoms with Crippen LogP contribution in [0.4, 0.5) is 0 Å². The van der Waals surface area contributed by atoms with Gasteiger partial charge in [0.25, 0.3) is 0 Å². The lowest BCUT2D eigenvalue weighted by Gasteiger charge is -2.16. The molecule has 0 spiro atoms. The molecule has 1 aromatic rings. The van der Waals surface area contributed by atoms with Crippen molar-refractivity contribution >= 4 is 11.3 Å². The van der Waals surface area contributed by atoms with Crippen molar-refractivity contribution in [1.29, 1.82) is 0 Å². The summed E-state index contributed by atoms with van der Waals surface area (Å²) in [4.78, 5) is 1.61. The summed E-state index contributed by atoms with van der Waals surface area (Å²) in [6.45, 7) is 3.55. The van der Waals surface area contributed by atoms with Crippen molar-refractivity contribution in [2.75, 3.05) is 6.54 Å². The van der Waals surface area contributed by atoms with Crippen LogP contribution in [0.15, 0.2) is 17.5 Å². The number of hydrogen-bond donors (Lipinski definition) is 1. The van der Waals surface area contributed by atoms with Crippen LogP contribution in [0, 0.1) is 5.92 Å². The Balaban J connectivity index is 1.72. The van der Waals surface area contributed by atoms with Gasteiger partial charge in [0.1, 0.15) is 0 Å². The maximum Gasteiger partial charge on any atom is 0.0203 e. The summed E-state index contributed by atoms with van der Waals surface area (Å²) in [5.41, 5.74) is 0.519. The van der Waals surface area contributed by atoms with E-state index in [4.69, 9.17) is 0 Å². The molecule has 2 unspecified atom stereocenters. The molecule has 2 atom stereocenters. The van der Waals surface area contributed by atoms with Gasteiger partial charge in [0.05, 0.1) is 0 Å². The number of thiophene rings is 1. The Labute approximate surface area is 95.9 Å². The molecule has 15 heavy (non-hydrogen) atoms. The zero-order chi connectivity index (χ0) is 10.3. The lowest BCUT2D eigenvalue weighted by molar-refractivity contribution is 0.528. The van der Waals surface area contributed by atoms with E-state index in [1.54, 1.807) is 4.88 Å². The first kappa shape index (κ1) is 9.86. The summed E-state index contributed by atoms with van der Waals surface area (Å²) in [7, 11) is 0. The molecule has 2 fully saturated rings. The van der Waals surface area contributed by atoms with E-state index < -0.39 is 0 Å². The second kappa shape index (κ2) is 3.60. The Hall–Kier alpha value is -0.340. The molecule has 0 bridgehead atoms. The number of rotatable bonds is 5. The molecule has 2 aliphatic carbocycles. The van der Waals surface area contributed by atoms with E-state index in [1.165, 1.54) is 32.2 Å². The third-order valence-corrected chi connectivity index (χ3v) is 5.11.